The van der Waals surface area contributed by atoms with Crippen molar-refractivity contribution < 1.29 is 9.32 Å². The average molecular weight is 363 g/mol. The Morgan fingerprint density at radius 3 is 2.96 bits per heavy atom. The van der Waals surface area contributed by atoms with Gasteiger partial charge in [-0.3, -0.25) is 4.79 Å². The molecule has 1 atom stereocenters. The fourth-order valence-corrected chi connectivity index (χ4v) is 3.04. The molecular formula is C18H23ClN4O2. The van der Waals surface area contributed by atoms with Crippen molar-refractivity contribution in [2.24, 2.45) is 5.92 Å². The molecule has 1 saturated heterocycles. The second-order valence-electron chi connectivity index (χ2n) is 6.39. The van der Waals surface area contributed by atoms with Gasteiger partial charge in [-0.05, 0) is 62.5 Å². The number of aromatic nitrogens is 2. The highest BCUT2D eigenvalue weighted by Gasteiger charge is 2.14. The standard InChI is InChI=1S/C18H23ClN4O2/c19-15-8-6-14(7-9-15)18-22-17(25-23-18)5-1-4-16(24)21-12-13-3-2-10-20-11-13/h6-9,13,20H,1-5,10-12H2,(H,21,24). The molecule has 1 aromatic heterocycles. The summed E-state index contributed by atoms with van der Waals surface area (Å²) in [6, 6.07) is 7.28. The van der Waals surface area contributed by atoms with Gasteiger partial charge >= 0.3 is 0 Å². The van der Waals surface area contributed by atoms with Gasteiger partial charge in [0.2, 0.25) is 17.6 Å². The molecule has 2 heterocycles. The van der Waals surface area contributed by atoms with E-state index in [1.807, 2.05) is 12.1 Å². The third-order valence-electron chi connectivity index (χ3n) is 4.35. The molecule has 0 aliphatic carbocycles. The van der Waals surface area contributed by atoms with Crippen molar-refractivity contribution in [3.63, 3.8) is 0 Å². The van der Waals surface area contributed by atoms with Gasteiger partial charge < -0.3 is 15.2 Å². The number of rotatable bonds is 7. The summed E-state index contributed by atoms with van der Waals surface area (Å²) in [5, 5.41) is 11.0. The first-order valence-electron chi connectivity index (χ1n) is 8.76. The maximum atomic E-state index is 11.9. The van der Waals surface area contributed by atoms with E-state index >= 15 is 0 Å². The molecule has 1 unspecified atom stereocenters. The first-order valence-corrected chi connectivity index (χ1v) is 9.14. The summed E-state index contributed by atoms with van der Waals surface area (Å²) >= 11 is 5.87. The van der Waals surface area contributed by atoms with Gasteiger partial charge in [0.15, 0.2) is 0 Å². The van der Waals surface area contributed by atoms with Crippen molar-refractivity contribution in [1.29, 1.82) is 0 Å². The van der Waals surface area contributed by atoms with Crippen molar-refractivity contribution in [2.75, 3.05) is 19.6 Å². The maximum absolute atomic E-state index is 11.9. The number of aryl methyl sites for hydroxylation is 1. The summed E-state index contributed by atoms with van der Waals surface area (Å²) < 4.78 is 5.25. The summed E-state index contributed by atoms with van der Waals surface area (Å²) in [6.45, 7) is 2.84. The number of benzene rings is 1. The average Bonchev–Trinajstić information content (AvgIpc) is 3.10. The molecule has 0 radical (unpaired) electrons. The second kappa shape index (κ2) is 8.97. The van der Waals surface area contributed by atoms with E-state index in [9.17, 15) is 4.79 Å². The van der Waals surface area contributed by atoms with E-state index in [0.717, 1.165) is 25.2 Å². The summed E-state index contributed by atoms with van der Waals surface area (Å²) in [6.07, 6.45) is 4.13. The molecule has 0 bridgehead atoms. The van der Waals surface area contributed by atoms with E-state index in [4.69, 9.17) is 16.1 Å². The third kappa shape index (κ3) is 5.54. The number of nitrogens with one attached hydrogen (secondary N) is 2. The normalized spacial score (nSPS) is 17.4. The third-order valence-corrected chi connectivity index (χ3v) is 4.60. The summed E-state index contributed by atoms with van der Waals surface area (Å²) in [5.41, 5.74) is 0.859. The Balaban J connectivity index is 1.38. The lowest BCUT2D eigenvalue weighted by Crippen LogP contribution is -2.38. The van der Waals surface area contributed by atoms with Crippen molar-refractivity contribution in [1.82, 2.24) is 20.8 Å². The number of carbonyl (C=O) groups is 1. The zero-order chi connectivity index (χ0) is 17.5. The van der Waals surface area contributed by atoms with Gasteiger partial charge in [-0.15, -0.1) is 0 Å². The molecule has 1 aliphatic heterocycles. The number of carbonyl (C=O) groups excluding carboxylic acids is 1. The Bertz CT molecular complexity index is 681. The molecule has 1 aliphatic rings. The molecule has 1 fully saturated rings. The fraction of sp³-hybridized carbons (Fsp3) is 0.500. The van der Waals surface area contributed by atoms with Crippen LogP contribution < -0.4 is 10.6 Å². The Morgan fingerprint density at radius 1 is 1.36 bits per heavy atom. The lowest BCUT2D eigenvalue weighted by Gasteiger charge is -2.22. The van der Waals surface area contributed by atoms with Crippen LogP contribution in [0.5, 0.6) is 0 Å². The molecule has 7 heteroatoms. The van der Waals surface area contributed by atoms with Crippen LogP contribution in [0, 0.1) is 5.92 Å². The number of hydrogen-bond donors (Lipinski definition) is 2. The predicted molar refractivity (Wildman–Crippen MR) is 96.3 cm³/mol. The summed E-state index contributed by atoms with van der Waals surface area (Å²) in [7, 11) is 0. The quantitative estimate of drug-likeness (QED) is 0.791. The zero-order valence-electron chi connectivity index (χ0n) is 14.1. The van der Waals surface area contributed by atoms with Gasteiger partial charge in [-0.2, -0.15) is 4.98 Å². The van der Waals surface area contributed by atoms with Crippen LogP contribution in [0.25, 0.3) is 11.4 Å². The van der Waals surface area contributed by atoms with Crippen LogP contribution in [0.2, 0.25) is 5.02 Å². The van der Waals surface area contributed by atoms with Crippen LogP contribution in [0.1, 0.15) is 31.6 Å². The first-order chi connectivity index (χ1) is 12.2. The molecule has 6 nitrogen and oxygen atoms in total. The Kier molecular flexibility index (Phi) is 6.42. The van der Waals surface area contributed by atoms with Gasteiger partial charge in [-0.25, -0.2) is 0 Å². The van der Waals surface area contributed by atoms with Crippen LogP contribution in [-0.2, 0) is 11.2 Å². The second-order valence-corrected chi connectivity index (χ2v) is 6.83. The van der Waals surface area contributed by atoms with Crippen molar-refractivity contribution in [2.45, 2.75) is 32.1 Å². The Hall–Kier alpha value is -1.92. The lowest BCUT2D eigenvalue weighted by atomic mass is 10.00. The fourth-order valence-electron chi connectivity index (χ4n) is 2.92. The van der Waals surface area contributed by atoms with E-state index in [2.05, 4.69) is 20.8 Å². The molecule has 2 N–H and O–H groups in total. The highest BCUT2D eigenvalue weighted by atomic mass is 35.5. The molecule has 0 spiro atoms. The number of halogens is 1. The predicted octanol–water partition coefficient (Wildman–Crippen LogP) is 2.83. The minimum Gasteiger partial charge on any atom is -0.356 e. The Labute approximate surface area is 152 Å². The number of amides is 1. The van der Waals surface area contributed by atoms with E-state index in [1.54, 1.807) is 12.1 Å². The van der Waals surface area contributed by atoms with Crippen LogP contribution in [0.15, 0.2) is 28.8 Å². The topological polar surface area (TPSA) is 80.0 Å². The van der Waals surface area contributed by atoms with Crippen molar-refractivity contribution in [3.05, 3.63) is 35.2 Å². The number of hydrogen-bond acceptors (Lipinski definition) is 5. The van der Waals surface area contributed by atoms with Gasteiger partial charge in [0.1, 0.15) is 0 Å². The molecule has 134 valence electrons. The summed E-state index contributed by atoms with van der Waals surface area (Å²) in [4.78, 5) is 16.3. The van der Waals surface area contributed by atoms with E-state index in [0.29, 0.717) is 41.9 Å². The number of piperidine rings is 1. The minimum absolute atomic E-state index is 0.0861. The monoisotopic (exact) mass is 362 g/mol. The largest absolute Gasteiger partial charge is 0.356 e. The number of nitrogens with zero attached hydrogens (tertiary/aromatic N) is 2. The van der Waals surface area contributed by atoms with Crippen LogP contribution in [0.3, 0.4) is 0 Å². The molecule has 25 heavy (non-hydrogen) atoms. The first kappa shape index (κ1) is 17.9. The minimum atomic E-state index is 0.0861. The van der Waals surface area contributed by atoms with Crippen LogP contribution in [0.4, 0.5) is 0 Å². The maximum Gasteiger partial charge on any atom is 0.226 e. The SMILES string of the molecule is O=C(CCCc1nc(-c2ccc(Cl)cc2)no1)NCC1CCCNC1. The molecule has 2 aromatic rings. The van der Waals surface area contributed by atoms with Gasteiger partial charge in [0, 0.05) is 30.0 Å². The van der Waals surface area contributed by atoms with Crippen LogP contribution >= 0.6 is 11.6 Å². The van der Waals surface area contributed by atoms with Crippen molar-refractivity contribution in [3.8, 4) is 11.4 Å². The molecule has 1 amide bonds. The van der Waals surface area contributed by atoms with E-state index in [-0.39, 0.29) is 5.91 Å². The smallest absolute Gasteiger partial charge is 0.226 e. The molecule has 1 aromatic carbocycles. The molecule has 0 saturated carbocycles. The molecule has 3 rings (SSSR count). The highest BCUT2D eigenvalue weighted by Crippen LogP contribution is 2.19. The van der Waals surface area contributed by atoms with E-state index < -0.39 is 0 Å². The highest BCUT2D eigenvalue weighted by molar-refractivity contribution is 6.30. The van der Waals surface area contributed by atoms with Crippen molar-refractivity contribution >= 4 is 17.5 Å². The Morgan fingerprint density at radius 2 is 2.20 bits per heavy atom. The zero-order valence-corrected chi connectivity index (χ0v) is 14.9. The summed E-state index contributed by atoms with van der Waals surface area (Å²) in [5.74, 6) is 1.73. The van der Waals surface area contributed by atoms with E-state index in [1.165, 1.54) is 12.8 Å². The van der Waals surface area contributed by atoms with Crippen LogP contribution in [-0.4, -0.2) is 35.7 Å². The van der Waals surface area contributed by atoms with Gasteiger partial charge in [-0.1, -0.05) is 16.8 Å². The molecular weight excluding hydrogens is 340 g/mol. The van der Waals surface area contributed by atoms with Gasteiger partial charge in [0.05, 0.1) is 0 Å². The van der Waals surface area contributed by atoms with Gasteiger partial charge in [0.25, 0.3) is 0 Å². The lowest BCUT2D eigenvalue weighted by molar-refractivity contribution is -0.121.